The second-order valence-corrected chi connectivity index (χ2v) is 5.34. The van der Waals surface area contributed by atoms with E-state index in [1.165, 1.54) is 4.68 Å². The van der Waals surface area contributed by atoms with Crippen molar-refractivity contribution in [2.75, 3.05) is 6.54 Å². The Balaban J connectivity index is 2.00. The lowest BCUT2D eigenvalue weighted by molar-refractivity contribution is -0.386. The molecule has 0 bridgehead atoms. The van der Waals surface area contributed by atoms with Crippen LogP contribution in [0.2, 0.25) is 5.02 Å². The molecule has 124 valence electrons. The van der Waals surface area contributed by atoms with E-state index in [1.54, 1.807) is 24.7 Å². The Morgan fingerprint density at radius 1 is 1.43 bits per heavy atom. The van der Waals surface area contributed by atoms with Gasteiger partial charge in [0.2, 0.25) is 0 Å². The van der Waals surface area contributed by atoms with Crippen LogP contribution in [0.3, 0.4) is 0 Å². The van der Waals surface area contributed by atoms with Gasteiger partial charge in [-0.2, -0.15) is 10.2 Å². The Morgan fingerprint density at radius 3 is 2.65 bits per heavy atom. The minimum absolute atomic E-state index is 0.000981. The smallest absolute Gasteiger partial charge is 0.312 e. The third kappa shape index (κ3) is 3.50. The number of hydrogen-bond donors (Lipinski definition) is 1. The van der Waals surface area contributed by atoms with Crippen LogP contribution in [0.15, 0.2) is 6.20 Å². The molecule has 0 saturated heterocycles. The van der Waals surface area contributed by atoms with Crippen LogP contribution in [0, 0.1) is 24.0 Å². The van der Waals surface area contributed by atoms with Crippen LogP contribution in [-0.2, 0) is 13.1 Å². The Bertz CT molecular complexity index is 751. The van der Waals surface area contributed by atoms with Crippen molar-refractivity contribution in [3.05, 3.63) is 38.4 Å². The number of halogens is 1. The zero-order chi connectivity index (χ0) is 17.1. The fraction of sp³-hybridized carbons (Fsp3) is 0.462. The van der Waals surface area contributed by atoms with E-state index < -0.39 is 10.8 Å². The maximum Gasteiger partial charge on any atom is 0.312 e. The molecule has 2 rings (SSSR count). The van der Waals surface area contributed by atoms with Gasteiger partial charge in [-0.05, 0) is 20.8 Å². The Labute approximate surface area is 137 Å². The SMILES string of the molecule is CCn1cc(Cl)c(C(=O)NCCn2nc(C)c([N+](=O)[O-])c2C)n1. The molecule has 2 aromatic rings. The number of hydrogen-bond acceptors (Lipinski definition) is 5. The molecule has 0 unspecified atom stereocenters. The highest BCUT2D eigenvalue weighted by Gasteiger charge is 2.21. The summed E-state index contributed by atoms with van der Waals surface area (Å²) in [5.41, 5.74) is 0.965. The number of nitrogens with one attached hydrogen (secondary N) is 1. The van der Waals surface area contributed by atoms with Crippen molar-refractivity contribution in [1.82, 2.24) is 24.9 Å². The zero-order valence-electron chi connectivity index (χ0n) is 13.0. The van der Waals surface area contributed by atoms with Gasteiger partial charge in [-0.15, -0.1) is 0 Å². The van der Waals surface area contributed by atoms with Gasteiger partial charge in [0, 0.05) is 19.3 Å². The van der Waals surface area contributed by atoms with E-state index in [4.69, 9.17) is 11.6 Å². The van der Waals surface area contributed by atoms with Crippen molar-refractivity contribution in [2.24, 2.45) is 0 Å². The fourth-order valence-electron chi connectivity index (χ4n) is 2.24. The van der Waals surface area contributed by atoms with Gasteiger partial charge in [-0.3, -0.25) is 24.3 Å². The van der Waals surface area contributed by atoms with Gasteiger partial charge >= 0.3 is 5.69 Å². The van der Waals surface area contributed by atoms with Crippen molar-refractivity contribution in [1.29, 1.82) is 0 Å². The molecular formula is C13H17ClN6O3. The number of nitro groups is 1. The molecular weight excluding hydrogens is 324 g/mol. The van der Waals surface area contributed by atoms with E-state index in [-0.39, 0.29) is 22.9 Å². The molecule has 0 saturated carbocycles. The first-order chi connectivity index (χ1) is 10.8. The van der Waals surface area contributed by atoms with E-state index in [0.717, 1.165) is 0 Å². The molecule has 0 spiro atoms. The van der Waals surface area contributed by atoms with Gasteiger partial charge < -0.3 is 5.32 Å². The summed E-state index contributed by atoms with van der Waals surface area (Å²) in [5.74, 6) is -0.391. The molecule has 0 aliphatic rings. The summed E-state index contributed by atoms with van der Waals surface area (Å²) in [5, 5.41) is 22.1. The number of aryl methyl sites for hydroxylation is 2. The Morgan fingerprint density at radius 2 is 2.13 bits per heavy atom. The molecule has 0 radical (unpaired) electrons. The van der Waals surface area contributed by atoms with Gasteiger partial charge in [0.05, 0.1) is 16.5 Å². The molecule has 0 fully saturated rings. The van der Waals surface area contributed by atoms with E-state index in [2.05, 4.69) is 15.5 Å². The average Bonchev–Trinajstić information content (AvgIpc) is 2.99. The first kappa shape index (κ1) is 16.9. The van der Waals surface area contributed by atoms with Gasteiger partial charge in [0.15, 0.2) is 5.69 Å². The van der Waals surface area contributed by atoms with Crippen molar-refractivity contribution in [3.63, 3.8) is 0 Å². The lowest BCUT2D eigenvalue weighted by Crippen LogP contribution is -2.28. The average molecular weight is 341 g/mol. The quantitative estimate of drug-likeness (QED) is 0.636. The van der Waals surface area contributed by atoms with Crippen LogP contribution in [-0.4, -0.2) is 36.9 Å². The van der Waals surface area contributed by atoms with Crippen molar-refractivity contribution in [3.8, 4) is 0 Å². The van der Waals surface area contributed by atoms with Crippen molar-refractivity contribution < 1.29 is 9.72 Å². The second kappa shape index (κ2) is 6.78. The number of aromatic nitrogens is 4. The number of carbonyl (C=O) groups is 1. The molecule has 0 atom stereocenters. The third-order valence-corrected chi connectivity index (χ3v) is 3.67. The summed E-state index contributed by atoms with van der Waals surface area (Å²) in [7, 11) is 0. The maximum atomic E-state index is 12.0. The van der Waals surface area contributed by atoms with Gasteiger partial charge in [-0.1, -0.05) is 11.6 Å². The van der Waals surface area contributed by atoms with Crippen LogP contribution in [0.4, 0.5) is 5.69 Å². The standard InChI is InChI=1S/C13H17ClN6O3/c1-4-18-7-10(14)11(17-18)13(21)15-5-6-19-9(3)12(20(22)23)8(2)16-19/h7H,4-6H2,1-3H3,(H,15,21). The van der Waals surface area contributed by atoms with E-state index in [9.17, 15) is 14.9 Å². The molecule has 1 N–H and O–H groups in total. The van der Waals surface area contributed by atoms with Crippen LogP contribution in [0.25, 0.3) is 0 Å². The lowest BCUT2D eigenvalue weighted by atomic mass is 10.3. The molecule has 10 heteroatoms. The molecule has 2 aromatic heterocycles. The van der Waals surface area contributed by atoms with Gasteiger partial charge in [0.1, 0.15) is 11.4 Å². The molecule has 0 aliphatic carbocycles. The minimum atomic E-state index is -0.454. The zero-order valence-corrected chi connectivity index (χ0v) is 13.8. The molecule has 1 amide bonds. The second-order valence-electron chi connectivity index (χ2n) is 4.94. The monoisotopic (exact) mass is 340 g/mol. The summed E-state index contributed by atoms with van der Waals surface area (Å²) in [6.45, 7) is 6.28. The summed E-state index contributed by atoms with van der Waals surface area (Å²) < 4.78 is 3.07. The Kier molecular flexibility index (Phi) is 4.99. The van der Waals surface area contributed by atoms with Crippen molar-refractivity contribution in [2.45, 2.75) is 33.9 Å². The molecule has 9 nitrogen and oxygen atoms in total. The van der Waals surface area contributed by atoms with Crippen molar-refractivity contribution >= 4 is 23.2 Å². The first-order valence-electron chi connectivity index (χ1n) is 7.04. The first-order valence-corrected chi connectivity index (χ1v) is 7.42. The summed E-state index contributed by atoms with van der Waals surface area (Å²) in [6, 6.07) is 0. The topological polar surface area (TPSA) is 108 Å². The molecule has 23 heavy (non-hydrogen) atoms. The minimum Gasteiger partial charge on any atom is -0.349 e. The fourth-order valence-corrected chi connectivity index (χ4v) is 2.48. The van der Waals surface area contributed by atoms with Gasteiger partial charge in [-0.25, -0.2) is 0 Å². The largest absolute Gasteiger partial charge is 0.349 e. The van der Waals surface area contributed by atoms with Crippen LogP contribution in [0.1, 0.15) is 28.8 Å². The highest BCUT2D eigenvalue weighted by Crippen LogP contribution is 2.21. The molecule has 0 aromatic carbocycles. The van der Waals surface area contributed by atoms with Crippen LogP contribution < -0.4 is 5.32 Å². The highest BCUT2D eigenvalue weighted by molar-refractivity contribution is 6.33. The number of amides is 1. The van der Waals surface area contributed by atoms with Crippen LogP contribution in [0.5, 0.6) is 0 Å². The number of nitrogens with zero attached hydrogens (tertiary/aromatic N) is 5. The predicted molar refractivity (Wildman–Crippen MR) is 83.6 cm³/mol. The normalized spacial score (nSPS) is 10.8. The molecule has 0 aliphatic heterocycles. The summed E-state index contributed by atoms with van der Waals surface area (Å²) in [4.78, 5) is 22.5. The number of carbonyl (C=O) groups excluding carboxylic acids is 1. The third-order valence-electron chi connectivity index (χ3n) is 3.39. The van der Waals surface area contributed by atoms with E-state index >= 15 is 0 Å². The number of rotatable bonds is 6. The Hall–Kier alpha value is -2.42. The predicted octanol–water partition coefficient (Wildman–Crippen LogP) is 1.71. The highest BCUT2D eigenvalue weighted by atomic mass is 35.5. The van der Waals surface area contributed by atoms with Crippen LogP contribution >= 0.6 is 11.6 Å². The lowest BCUT2D eigenvalue weighted by Gasteiger charge is -2.05. The summed E-state index contributed by atoms with van der Waals surface area (Å²) in [6.07, 6.45) is 1.58. The maximum absolute atomic E-state index is 12.0. The van der Waals surface area contributed by atoms with E-state index in [1.807, 2.05) is 6.92 Å². The van der Waals surface area contributed by atoms with Gasteiger partial charge in [0.25, 0.3) is 5.91 Å². The summed E-state index contributed by atoms with van der Waals surface area (Å²) >= 11 is 5.96. The van der Waals surface area contributed by atoms with E-state index in [0.29, 0.717) is 24.5 Å². The molecule has 2 heterocycles.